The molecule has 0 aromatic carbocycles. The van der Waals surface area contributed by atoms with Crippen molar-refractivity contribution in [2.75, 3.05) is 0 Å². The highest BCUT2D eigenvalue weighted by molar-refractivity contribution is 5.80. The van der Waals surface area contributed by atoms with Crippen molar-refractivity contribution in [2.45, 2.75) is 39.5 Å². The Morgan fingerprint density at radius 3 is 2.94 bits per heavy atom. The van der Waals surface area contributed by atoms with Crippen LogP contribution in [0, 0.1) is 5.92 Å². The first-order chi connectivity index (χ1) is 8.67. The molecule has 0 heterocycles. The molecule has 0 aliphatic heterocycles. The molecule has 0 radical (unpaired) electrons. The van der Waals surface area contributed by atoms with Crippen LogP contribution in [0.15, 0.2) is 41.4 Å². The van der Waals surface area contributed by atoms with Gasteiger partial charge in [0.25, 0.3) is 0 Å². The second-order valence-electron chi connectivity index (χ2n) is 4.48. The lowest BCUT2D eigenvalue weighted by atomic mass is 9.98. The second-order valence-corrected chi connectivity index (χ2v) is 4.48. The van der Waals surface area contributed by atoms with Gasteiger partial charge in [0.1, 0.15) is 0 Å². The average molecular weight is 246 g/mol. The summed E-state index contributed by atoms with van der Waals surface area (Å²) in [5.74, 6) is 0.154. The lowest BCUT2D eigenvalue weighted by Gasteiger charge is -2.14. The molecule has 1 atom stereocenters. The van der Waals surface area contributed by atoms with Crippen molar-refractivity contribution in [3.63, 3.8) is 0 Å². The van der Waals surface area contributed by atoms with Crippen molar-refractivity contribution in [3.8, 4) is 0 Å². The maximum absolute atomic E-state index is 12.1. The van der Waals surface area contributed by atoms with Gasteiger partial charge in [0, 0.05) is 17.7 Å². The summed E-state index contributed by atoms with van der Waals surface area (Å²) >= 11 is 0. The van der Waals surface area contributed by atoms with Crippen molar-refractivity contribution in [3.05, 3.63) is 41.4 Å². The van der Waals surface area contributed by atoms with E-state index in [1.165, 1.54) is 0 Å². The molecule has 3 heteroatoms. The summed E-state index contributed by atoms with van der Waals surface area (Å²) < 4.78 is 0. The van der Waals surface area contributed by atoms with Crippen LogP contribution in [0.25, 0.3) is 0 Å². The van der Waals surface area contributed by atoms with E-state index in [1.807, 2.05) is 6.92 Å². The number of carbonyl (C=O) groups is 1. The largest absolute Gasteiger partial charge is 0.399 e. The number of allylic oxidation sites excluding steroid dienone is 3. The van der Waals surface area contributed by atoms with Gasteiger partial charge in [-0.05, 0) is 31.1 Å². The lowest BCUT2D eigenvalue weighted by Crippen LogP contribution is -2.29. The number of amides is 1. The molecule has 1 rings (SSSR count). The quantitative estimate of drug-likeness (QED) is 0.708. The van der Waals surface area contributed by atoms with E-state index in [0.717, 1.165) is 25.7 Å². The Labute approximate surface area is 109 Å². The molecule has 0 fully saturated rings. The van der Waals surface area contributed by atoms with Crippen LogP contribution >= 0.6 is 0 Å². The smallest absolute Gasteiger partial charge is 0.227 e. The van der Waals surface area contributed by atoms with Crippen molar-refractivity contribution in [1.29, 1.82) is 0 Å². The first-order valence-corrected chi connectivity index (χ1v) is 6.58. The minimum absolute atomic E-state index is 0.0740. The zero-order valence-corrected chi connectivity index (χ0v) is 11.2. The maximum atomic E-state index is 12.1. The highest BCUT2D eigenvalue weighted by Gasteiger charge is 2.16. The summed E-state index contributed by atoms with van der Waals surface area (Å²) in [5.41, 5.74) is 10.0. The molecule has 0 aromatic heterocycles. The van der Waals surface area contributed by atoms with Crippen molar-refractivity contribution < 1.29 is 4.79 Å². The molecular weight excluding hydrogens is 224 g/mol. The van der Waals surface area contributed by atoms with Crippen LogP contribution in [0.4, 0.5) is 0 Å². The Balaban J connectivity index is 2.63. The number of nitrogens with two attached hydrogens (primary N) is 1. The minimum atomic E-state index is 0.0740. The van der Waals surface area contributed by atoms with Crippen LogP contribution in [0.5, 0.6) is 0 Å². The summed E-state index contributed by atoms with van der Waals surface area (Å²) in [6, 6.07) is 0. The molecule has 3 N–H and O–H groups in total. The van der Waals surface area contributed by atoms with Gasteiger partial charge in [-0.1, -0.05) is 26.7 Å². The third kappa shape index (κ3) is 4.64. The van der Waals surface area contributed by atoms with Gasteiger partial charge in [0.05, 0.1) is 5.70 Å². The molecule has 0 saturated heterocycles. The molecule has 0 aromatic rings. The molecular formula is C15H22N2O. The highest BCUT2D eigenvalue weighted by Crippen LogP contribution is 2.13. The van der Waals surface area contributed by atoms with Gasteiger partial charge in [-0.3, -0.25) is 4.79 Å². The number of unbranched alkanes of at least 4 members (excludes halogenated alkanes) is 1. The standard InChI is InChI=1S/C15H22N2O/c1-3-5-8-12(4-2)15(18)17-14-10-7-6-9-13(16)11-14/h6,9-12H,3-5,8,16H2,1-2H3,(H,17,18). The summed E-state index contributed by atoms with van der Waals surface area (Å²) in [6.45, 7) is 4.18. The molecule has 1 amide bonds. The number of hydrogen-bond acceptors (Lipinski definition) is 2. The Morgan fingerprint density at radius 1 is 1.50 bits per heavy atom. The zero-order chi connectivity index (χ0) is 13.4. The van der Waals surface area contributed by atoms with E-state index < -0.39 is 0 Å². The number of hydrogen-bond donors (Lipinski definition) is 2. The van der Waals surface area contributed by atoms with Gasteiger partial charge in [0.15, 0.2) is 0 Å². The Hall–Kier alpha value is -1.73. The van der Waals surface area contributed by atoms with E-state index in [1.54, 1.807) is 24.3 Å². The van der Waals surface area contributed by atoms with Crippen LogP contribution in [0.3, 0.4) is 0 Å². The highest BCUT2D eigenvalue weighted by atomic mass is 16.1. The van der Waals surface area contributed by atoms with Gasteiger partial charge in [-0.15, -0.1) is 5.73 Å². The molecule has 1 aliphatic carbocycles. The van der Waals surface area contributed by atoms with Crippen LogP contribution in [-0.4, -0.2) is 5.91 Å². The SMILES string of the molecule is CCCCC(CC)C(=O)NC1=CC(N)=CC=C=C1. The molecule has 3 nitrogen and oxygen atoms in total. The van der Waals surface area contributed by atoms with E-state index in [4.69, 9.17) is 5.73 Å². The second kappa shape index (κ2) is 7.57. The number of rotatable bonds is 6. The fourth-order valence-electron chi connectivity index (χ4n) is 1.84. The van der Waals surface area contributed by atoms with Gasteiger partial charge in [-0.25, -0.2) is 0 Å². The molecule has 0 saturated carbocycles. The van der Waals surface area contributed by atoms with E-state index >= 15 is 0 Å². The molecule has 0 bridgehead atoms. The third-order valence-corrected chi connectivity index (χ3v) is 2.97. The number of nitrogens with one attached hydrogen (secondary N) is 1. The summed E-state index contributed by atoms with van der Waals surface area (Å²) in [6.07, 6.45) is 11.0. The molecule has 18 heavy (non-hydrogen) atoms. The van der Waals surface area contributed by atoms with Gasteiger partial charge >= 0.3 is 0 Å². The topological polar surface area (TPSA) is 55.1 Å². The van der Waals surface area contributed by atoms with E-state index in [2.05, 4.69) is 18.0 Å². The third-order valence-electron chi connectivity index (χ3n) is 2.97. The van der Waals surface area contributed by atoms with Gasteiger partial charge < -0.3 is 11.1 Å². The number of carbonyl (C=O) groups excluding carboxylic acids is 1. The predicted octanol–water partition coefficient (Wildman–Crippen LogP) is 2.77. The molecule has 1 unspecified atom stereocenters. The first-order valence-electron chi connectivity index (χ1n) is 6.58. The van der Waals surface area contributed by atoms with Crippen LogP contribution in [0.1, 0.15) is 39.5 Å². The zero-order valence-electron chi connectivity index (χ0n) is 11.2. The molecule has 98 valence electrons. The van der Waals surface area contributed by atoms with Crippen molar-refractivity contribution in [1.82, 2.24) is 5.32 Å². The van der Waals surface area contributed by atoms with Crippen molar-refractivity contribution >= 4 is 5.91 Å². The van der Waals surface area contributed by atoms with E-state index in [0.29, 0.717) is 11.4 Å². The minimum Gasteiger partial charge on any atom is -0.399 e. The Morgan fingerprint density at radius 2 is 2.28 bits per heavy atom. The molecule has 1 aliphatic rings. The lowest BCUT2D eigenvalue weighted by molar-refractivity contribution is -0.124. The summed E-state index contributed by atoms with van der Waals surface area (Å²) in [5, 5.41) is 2.91. The predicted molar refractivity (Wildman–Crippen MR) is 74.5 cm³/mol. The van der Waals surface area contributed by atoms with Gasteiger partial charge in [0.2, 0.25) is 5.91 Å². The van der Waals surface area contributed by atoms with Crippen LogP contribution in [0.2, 0.25) is 0 Å². The van der Waals surface area contributed by atoms with E-state index in [-0.39, 0.29) is 11.8 Å². The first kappa shape index (κ1) is 14.3. The Kier molecular flexibility index (Phi) is 6.03. The monoisotopic (exact) mass is 246 g/mol. The fourth-order valence-corrected chi connectivity index (χ4v) is 1.84. The average Bonchev–Trinajstić information content (AvgIpc) is 2.54. The summed E-state index contributed by atoms with van der Waals surface area (Å²) in [4.78, 5) is 12.1. The van der Waals surface area contributed by atoms with Crippen LogP contribution < -0.4 is 11.1 Å². The van der Waals surface area contributed by atoms with E-state index in [9.17, 15) is 4.79 Å². The van der Waals surface area contributed by atoms with Crippen molar-refractivity contribution in [2.24, 2.45) is 11.7 Å². The summed E-state index contributed by atoms with van der Waals surface area (Å²) in [7, 11) is 0. The fraction of sp³-hybridized carbons (Fsp3) is 0.467. The Bertz CT molecular complexity index is 412. The maximum Gasteiger partial charge on any atom is 0.227 e. The van der Waals surface area contributed by atoms with Crippen LogP contribution in [-0.2, 0) is 4.79 Å². The molecule has 0 spiro atoms. The van der Waals surface area contributed by atoms with Gasteiger partial charge in [-0.2, -0.15) is 0 Å². The normalized spacial score (nSPS) is 15.7.